The molecule has 0 radical (unpaired) electrons. The van der Waals surface area contributed by atoms with Crippen molar-refractivity contribution in [1.82, 2.24) is 5.16 Å². The maximum Gasteiger partial charge on any atom is 0.342 e. The Morgan fingerprint density at radius 1 is 1.67 bits per heavy atom. The van der Waals surface area contributed by atoms with Crippen LogP contribution < -0.4 is 0 Å². The number of halogens is 1. The molecule has 1 aliphatic carbocycles. The molecule has 0 atom stereocenters. The summed E-state index contributed by atoms with van der Waals surface area (Å²) < 4.78 is 4.82. The number of rotatable bonds is 2. The van der Waals surface area contributed by atoms with Crippen LogP contribution in [0.2, 0.25) is 5.15 Å². The minimum Gasteiger partial charge on any atom is -0.477 e. The smallest absolute Gasteiger partial charge is 0.342 e. The molecule has 0 saturated heterocycles. The molecule has 0 bridgehead atoms. The first-order valence-corrected chi connectivity index (χ1v) is 3.96. The van der Waals surface area contributed by atoms with Crippen LogP contribution in [0, 0.1) is 0 Å². The lowest BCUT2D eigenvalue weighted by Gasteiger charge is -1.90. The van der Waals surface area contributed by atoms with Gasteiger partial charge in [0, 0.05) is 5.92 Å². The Morgan fingerprint density at radius 3 is 2.83 bits per heavy atom. The van der Waals surface area contributed by atoms with Crippen molar-refractivity contribution in [3.8, 4) is 0 Å². The lowest BCUT2D eigenvalue weighted by Crippen LogP contribution is -1.98. The molecule has 1 heterocycles. The molecule has 0 amide bonds. The molecule has 1 aliphatic rings. The third kappa shape index (κ3) is 1.08. The first-order chi connectivity index (χ1) is 5.70. The molecule has 0 spiro atoms. The van der Waals surface area contributed by atoms with Gasteiger partial charge < -0.3 is 9.63 Å². The average Bonchev–Trinajstić information content (AvgIpc) is 2.75. The summed E-state index contributed by atoms with van der Waals surface area (Å²) in [5, 5.41) is 12.1. The summed E-state index contributed by atoms with van der Waals surface area (Å²) in [4.78, 5) is 10.7. The van der Waals surface area contributed by atoms with Crippen molar-refractivity contribution >= 4 is 17.6 Å². The highest BCUT2D eigenvalue weighted by molar-refractivity contribution is 6.32. The lowest BCUT2D eigenvalue weighted by atomic mass is 10.2. The number of aromatic carboxylic acids is 1. The van der Waals surface area contributed by atoms with Crippen LogP contribution >= 0.6 is 11.6 Å². The van der Waals surface area contributed by atoms with E-state index in [9.17, 15) is 4.79 Å². The van der Waals surface area contributed by atoms with E-state index < -0.39 is 5.97 Å². The zero-order valence-electron chi connectivity index (χ0n) is 6.08. The summed E-state index contributed by atoms with van der Waals surface area (Å²) in [5.41, 5.74) is 0.0270. The van der Waals surface area contributed by atoms with Crippen LogP contribution in [0.1, 0.15) is 34.9 Å². The zero-order chi connectivity index (χ0) is 8.72. The number of carbonyl (C=O) groups is 1. The van der Waals surface area contributed by atoms with Crippen molar-refractivity contribution in [3.05, 3.63) is 16.5 Å². The van der Waals surface area contributed by atoms with Crippen molar-refractivity contribution in [2.75, 3.05) is 0 Å². The quantitative estimate of drug-likeness (QED) is 0.768. The third-order valence-corrected chi connectivity index (χ3v) is 2.10. The van der Waals surface area contributed by atoms with Crippen molar-refractivity contribution in [1.29, 1.82) is 0 Å². The fourth-order valence-corrected chi connectivity index (χ4v) is 1.31. The number of nitrogens with zero attached hydrogens (tertiary/aromatic N) is 1. The highest BCUT2D eigenvalue weighted by Gasteiger charge is 2.34. The van der Waals surface area contributed by atoms with E-state index in [1.54, 1.807) is 0 Å². The predicted molar refractivity (Wildman–Crippen MR) is 40.4 cm³/mol. The summed E-state index contributed by atoms with van der Waals surface area (Å²) in [6.07, 6.45) is 1.93. The van der Waals surface area contributed by atoms with Crippen LogP contribution in [-0.2, 0) is 0 Å². The molecule has 1 aromatic rings. The number of carboxylic acid groups (broad SMARTS) is 1. The molecule has 0 unspecified atom stereocenters. The van der Waals surface area contributed by atoms with Crippen LogP contribution in [-0.4, -0.2) is 16.2 Å². The molecule has 0 aromatic carbocycles. The van der Waals surface area contributed by atoms with Gasteiger partial charge in [-0.25, -0.2) is 4.79 Å². The summed E-state index contributed by atoms with van der Waals surface area (Å²) in [6, 6.07) is 0. The van der Waals surface area contributed by atoms with Crippen molar-refractivity contribution in [2.24, 2.45) is 0 Å². The molecule has 0 aliphatic heterocycles. The fourth-order valence-electron chi connectivity index (χ4n) is 1.10. The third-order valence-electron chi connectivity index (χ3n) is 1.84. The molecule has 5 heteroatoms. The van der Waals surface area contributed by atoms with E-state index in [2.05, 4.69) is 5.16 Å². The van der Waals surface area contributed by atoms with E-state index in [1.165, 1.54) is 0 Å². The van der Waals surface area contributed by atoms with Gasteiger partial charge in [0.2, 0.25) is 0 Å². The second kappa shape index (κ2) is 2.48. The molecule has 64 valence electrons. The first-order valence-electron chi connectivity index (χ1n) is 3.58. The molecule has 1 aromatic heterocycles. The second-order valence-electron chi connectivity index (χ2n) is 2.79. The number of carboxylic acids is 1. The lowest BCUT2D eigenvalue weighted by molar-refractivity contribution is 0.0694. The van der Waals surface area contributed by atoms with Gasteiger partial charge in [0.1, 0.15) is 5.56 Å². The van der Waals surface area contributed by atoms with Gasteiger partial charge in [0.15, 0.2) is 10.9 Å². The van der Waals surface area contributed by atoms with E-state index in [1.807, 2.05) is 0 Å². The molecular weight excluding hydrogens is 182 g/mol. The zero-order valence-corrected chi connectivity index (χ0v) is 6.84. The highest BCUT2D eigenvalue weighted by Crippen LogP contribution is 2.43. The normalized spacial score (nSPS) is 16.4. The minimum atomic E-state index is -1.07. The SMILES string of the molecule is O=C(O)c1c(Cl)noc1C1CC1. The van der Waals surface area contributed by atoms with Gasteiger partial charge in [-0.3, -0.25) is 0 Å². The Labute approximate surface area is 73.1 Å². The molecular formula is C7H6ClNO3. The molecule has 12 heavy (non-hydrogen) atoms. The number of hydrogen-bond donors (Lipinski definition) is 1. The topological polar surface area (TPSA) is 63.3 Å². The highest BCUT2D eigenvalue weighted by atomic mass is 35.5. The van der Waals surface area contributed by atoms with Crippen LogP contribution in [0.15, 0.2) is 4.52 Å². The molecule has 2 rings (SSSR count). The largest absolute Gasteiger partial charge is 0.477 e. The maximum absolute atomic E-state index is 10.7. The van der Waals surface area contributed by atoms with Gasteiger partial charge in [-0.05, 0) is 12.8 Å². The summed E-state index contributed by atoms with van der Waals surface area (Å²) >= 11 is 5.53. The van der Waals surface area contributed by atoms with E-state index in [4.69, 9.17) is 21.2 Å². The molecule has 4 nitrogen and oxygen atoms in total. The molecule has 1 fully saturated rings. The van der Waals surface area contributed by atoms with E-state index in [0.29, 0.717) is 5.76 Å². The summed E-state index contributed by atoms with van der Waals surface area (Å²) in [5.74, 6) is -0.424. The predicted octanol–water partition coefficient (Wildman–Crippen LogP) is 1.90. The van der Waals surface area contributed by atoms with E-state index >= 15 is 0 Å². The maximum atomic E-state index is 10.7. The summed E-state index contributed by atoms with van der Waals surface area (Å²) in [7, 11) is 0. The van der Waals surface area contributed by atoms with Gasteiger partial charge in [-0.2, -0.15) is 0 Å². The Morgan fingerprint density at radius 2 is 2.33 bits per heavy atom. The van der Waals surface area contributed by atoms with Gasteiger partial charge in [-0.1, -0.05) is 16.8 Å². The van der Waals surface area contributed by atoms with Gasteiger partial charge in [-0.15, -0.1) is 0 Å². The second-order valence-corrected chi connectivity index (χ2v) is 3.15. The van der Waals surface area contributed by atoms with Crippen molar-refractivity contribution < 1.29 is 14.4 Å². The van der Waals surface area contributed by atoms with Crippen molar-refractivity contribution in [2.45, 2.75) is 18.8 Å². The van der Waals surface area contributed by atoms with Crippen LogP contribution in [0.3, 0.4) is 0 Å². The molecule has 1 saturated carbocycles. The minimum absolute atomic E-state index is 0.0270. The molecule has 1 N–H and O–H groups in total. The van der Waals surface area contributed by atoms with Crippen LogP contribution in [0.5, 0.6) is 0 Å². The number of aromatic nitrogens is 1. The van der Waals surface area contributed by atoms with E-state index in [0.717, 1.165) is 12.8 Å². The van der Waals surface area contributed by atoms with Gasteiger partial charge >= 0.3 is 5.97 Å². The Balaban J connectivity index is 2.46. The van der Waals surface area contributed by atoms with Gasteiger partial charge in [0.05, 0.1) is 0 Å². The first kappa shape index (κ1) is 7.61. The Bertz CT molecular complexity index is 329. The van der Waals surface area contributed by atoms with E-state index in [-0.39, 0.29) is 16.6 Å². The fraction of sp³-hybridized carbons (Fsp3) is 0.429. The van der Waals surface area contributed by atoms with Crippen molar-refractivity contribution in [3.63, 3.8) is 0 Å². The number of hydrogen-bond acceptors (Lipinski definition) is 3. The average molecular weight is 188 g/mol. The Hall–Kier alpha value is -1.03. The van der Waals surface area contributed by atoms with Crippen LogP contribution in [0.4, 0.5) is 0 Å². The Kier molecular flexibility index (Phi) is 1.58. The van der Waals surface area contributed by atoms with Gasteiger partial charge in [0.25, 0.3) is 0 Å². The summed E-state index contributed by atoms with van der Waals surface area (Å²) in [6.45, 7) is 0. The van der Waals surface area contributed by atoms with Crippen LogP contribution in [0.25, 0.3) is 0 Å². The standard InChI is InChI=1S/C7H6ClNO3/c8-6-4(7(10)11)5(12-9-6)3-1-2-3/h3H,1-2H2,(H,10,11). The monoisotopic (exact) mass is 187 g/mol.